The molecule has 1 fully saturated rings. The number of amides is 1. The molecule has 1 saturated heterocycles. The van der Waals surface area contributed by atoms with Crippen LogP contribution in [0, 0.1) is 0 Å². The van der Waals surface area contributed by atoms with E-state index in [1.807, 2.05) is 16.8 Å². The summed E-state index contributed by atoms with van der Waals surface area (Å²) in [6.07, 6.45) is 2.14. The number of rotatable bonds is 9. The molecule has 31 heavy (non-hydrogen) atoms. The third-order valence-electron chi connectivity index (χ3n) is 5.97. The molecule has 1 N–H and O–H groups in total. The van der Waals surface area contributed by atoms with Crippen molar-refractivity contribution in [1.29, 1.82) is 0 Å². The Labute approximate surface area is 189 Å². The summed E-state index contributed by atoms with van der Waals surface area (Å²) in [6.45, 7) is 6.18. The van der Waals surface area contributed by atoms with Crippen molar-refractivity contribution < 1.29 is 4.79 Å². The van der Waals surface area contributed by atoms with Gasteiger partial charge in [-0.2, -0.15) is 11.3 Å². The van der Waals surface area contributed by atoms with Crippen LogP contribution in [0.4, 0.5) is 0 Å². The van der Waals surface area contributed by atoms with Crippen molar-refractivity contribution in [2.45, 2.75) is 18.9 Å². The molecule has 0 unspecified atom stereocenters. The fraction of sp³-hybridized carbons (Fsp3) is 0.346. The van der Waals surface area contributed by atoms with Crippen molar-refractivity contribution in [2.75, 3.05) is 39.3 Å². The predicted molar refractivity (Wildman–Crippen MR) is 129 cm³/mol. The number of carbonyl (C=O) groups is 1. The topological polar surface area (TPSA) is 35.6 Å². The van der Waals surface area contributed by atoms with Gasteiger partial charge in [-0.3, -0.25) is 9.69 Å². The second kappa shape index (κ2) is 11.2. The fourth-order valence-electron chi connectivity index (χ4n) is 4.29. The number of carbonyl (C=O) groups excluding carboxylic acids is 1. The Hall–Kier alpha value is -2.47. The molecule has 0 bridgehead atoms. The first-order chi connectivity index (χ1) is 15.3. The molecule has 0 spiro atoms. The van der Waals surface area contributed by atoms with Crippen LogP contribution in [0.2, 0.25) is 0 Å². The predicted octanol–water partition coefficient (Wildman–Crippen LogP) is 4.67. The lowest BCUT2D eigenvalue weighted by Crippen LogP contribution is -2.48. The lowest BCUT2D eigenvalue weighted by molar-refractivity contribution is 0.0949. The third-order valence-corrected chi connectivity index (χ3v) is 6.66. The van der Waals surface area contributed by atoms with E-state index in [1.54, 1.807) is 11.3 Å². The Morgan fingerprint density at radius 3 is 2.10 bits per heavy atom. The zero-order chi connectivity index (χ0) is 21.3. The van der Waals surface area contributed by atoms with Crippen LogP contribution in [0.15, 0.2) is 77.5 Å². The van der Waals surface area contributed by atoms with Gasteiger partial charge in [-0.25, -0.2) is 0 Å². The normalized spacial score (nSPS) is 15.3. The molecule has 2 aromatic carbocycles. The van der Waals surface area contributed by atoms with Crippen molar-refractivity contribution >= 4 is 17.2 Å². The van der Waals surface area contributed by atoms with E-state index in [4.69, 9.17) is 0 Å². The Morgan fingerprint density at radius 1 is 0.871 bits per heavy atom. The summed E-state index contributed by atoms with van der Waals surface area (Å²) in [4.78, 5) is 17.2. The summed E-state index contributed by atoms with van der Waals surface area (Å²) in [7, 11) is 0. The van der Waals surface area contributed by atoms with Gasteiger partial charge in [-0.05, 0) is 42.0 Å². The summed E-state index contributed by atoms with van der Waals surface area (Å²) in [5.74, 6) is 0.0442. The van der Waals surface area contributed by atoms with Crippen molar-refractivity contribution in [3.05, 3.63) is 94.2 Å². The molecule has 0 saturated carbocycles. The molecule has 1 aliphatic rings. The number of nitrogens with one attached hydrogen (secondary N) is 1. The highest BCUT2D eigenvalue weighted by Gasteiger charge is 2.26. The number of hydrogen-bond acceptors (Lipinski definition) is 4. The van der Waals surface area contributed by atoms with Crippen LogP contribution in [0.25, 0.3) is 0 Å². The van der Waals surface area contributed by atoms with Gasteiger partial charge in [0.1, 0.15) is 0 Å². The summed E-state index contributed by atoms with van der Waals surface area (Å²) >= 11 is 1.56. The lowest BCUT2D eigenvalue weighted by atomic mass is 9.96. The molecule has 2 heterocycles. The van der Waals surface area contributed by atoms with Crippen molar-refractivity contribution in [1.82, 2.24) is 15.1 Å². The Bertz CT molecular complexity index is 867. The molecule has 162 valence electrons. The van der Waals surface area contributed by atoms with E-state index in [2.05, 4.69) is 75.8 Å². The van der Waals surface area contributed by atoms with Crippen LogP contribution >= 0.6 is 11.3 Å². The molecule has 4 rings (SSSR count). The quantitative estimate of drug-likeness (QED) is 0.498. The van der Waals surface area contributed by atoms with Crippen LogP contribution in [0.5, 0.6) is 0 Å². The van der Waals surface area contributed by atoms with E-state index in [0.717, 1.165) is 57.7 Å². The van der Waals surface area contributed by atoms with Crippen LogP contribution in [0.1, 0.15) is 40.4 Å². The molecule has 1 amide bonds. The van der Waals surface area contributed by atoms with E-state index < -0.39 is 0 Å². The first kappa shape index (κ1) is 21.8. The fourth-order valence-corrected chi connectivity index (χ4v) is 4.92. The van der Waals surface area contributed by atoms with Crippen LogP contribution in [-0.4, -0.2) is 55.0 Å². The molecule has 0 aliphatic carbocycles. The number of piperazine rings is 1. The van der Waals surface area contributed by atoms with E-state index in [0.29, 0.717) is 6.04 Å². The summed E-state index contributed by atoms with van der Waals surface area (Å²) in [6, 6.07) is 23.9. The SMILES string of the molecule is O=C(NCCCCN1CCN(C(c2ccccc2)c2ccccc2)CC1)c1ccsc1. The second-order valence-corrected chi connectivity index (χ2v) is 8.86. The van der Waals surface area contributed by atoms with E-state index in [-0.39, 0.29) is 5.91 Å². The minimum Gasteiger partial charge on any atom is -0.352 e. The third kappa shape index (κ3) is 6.03. The number of nitrogens with zero attached hydrogens (tertiary/aromatic N) is 2. The summed E-state index contributed by atoms with van der Waals surface area (Å²) in [5, 5.41) is 6.86. The van der Waals surface area contributed by atoms with E-state index >= 15 is 0 Å². The van der Waals surface area contributed by atoms with Crippen molar-refractivity contribution in [3.63, 3.8) is 0 Å². The Kier molecular flexibility index (Phi) is 7.88. The van der Waals surface area contributed by atoms with Gasteiger partial charge in [0.2, 0.25) is 0 Å². The van der Waals surface area contributed by atoms with Gasteiger partial charge in [0.25, 0.3) is 5.91 Å². The van der Waals surface area contributed by atoms with Crippen LogP contribution in [0.3, 0.4) is 0 Å². The highest BCUT2D eigenvalue weighted by molar-refractivity contribution is 7.08. The smallest absolute Gasteiger partial charge is 0.252 e. The number of benzene rings is 2. The van der Waals surface area contributed by atoms with Gasteiger partial charge >= 0.3 is 0 Å². The average Bonchev–Trinajstić information content (AvgIpc) is 3.37. The number of unbranched alkanes of at least 4 members (excludes halogenated alkanes) is 1. The van der Waals surface area contributed by atoms with Gasteiger partial charge in [-0.15, -0.1) is 0 Å². The van der Waals surface area contributed by atoms with Crippen LogP contribution < -0.4 is 5.32 Å². The first-order valence-electron chi connectivity index (χ1n) is 11.2. The van der Waals surface area contributed by atoms with Gasteiger partial charge in [0, 0.05) is 43.7 Å². The van der Waals surface area contributed by atoms with Gasteiger partial charge in [-0.1, -0.05) is 60.7 Å². The molecule has 0 radical (unpaired) electrons. The van der Waals surface area contributed by atoms with Crippen molar-refractivity contribution in [2.24, 2.45) is 0 Å². The van der Waals surface area contributed by atoms with Crippen molar-refractivity contribution in [3.8, 4) is 0 Å². The molecule has 1 aromatic heterocycles. The Balaban J connectivity index is 1.23. The van der Waals surface area contributed by atoms with E-state index in [1.165, 1.54) is 11.1 Å². The van der Waals surface area contributed by atoms with Gasteiger partial charge in [0.05, 0.1) is 6.04 Å². The van der Waals surface area contributed by atoms with Gasteiger partial charge < -0.3 is 10.2 Å². The Morgan fingerprint density at radius 2 is 1.52 bits per heavy atom. The maximum absolute atomic E-state index is 12.0. The molecule has 3 aromatic rings. The number of hydrogen-bond donors (Lipinski definition) is 1. The first-order valence-corrected chi connectivity index (χ1v) is 12.1. The largest absolute Gasteiger partial charge is 0.352 e. The average molecular weight is 434 g/mol. The maximum Gasteiger partial charge on any atom is 0.252 e. The minimum absolute atomic E-state index is 0.0442. The maximum atomic E-state index is 12.0. The standard InChI is InChI=1S/C26H31N3OS/c30-26(24-13-20-31-21-24)27-14-7-8-15-28-16-18-29(19-17-28)25(22-9-3-1-4-10-22)23-11-5-2-6-12-23/h1-6,9-13,20-21,25H,7-8,14-19H2,(H,27,30). The molecule has 4 nitrogen and oxygen atoms in total. The van der Waals surface area contributed by atoms with Crippen LogP contribution in [-0.2, 0) is 0 Å². The summed E-state index contributed by atoms with van der Waals surface area (Å²) in [5.41, 5.74) is 3.50. The van der Waals surface area contributed by atoms with Gasteiger partial charge in [0.15, 0.2) is 0 Å². The summed E-state index contributed by atoms with van der Waals surface area (Å²) < 4.78 is 0. The second-order valence-electron chi connectivity index (χ2n) is 8.08. The molecule has 0 atom stereocenters. The van der Waals surface area contributed by atoms with E-state index in [9.17, 15) is 4.79 Å². The lowest BCUT2D eigenvalue weighted by Gasteiger charge is -2.39. The zero-order valence-electron chi connectivity index (χ0n) is 18.0. The minimum atomic E-state index is 0.0442. The highest BCUT2D eigenvalue weighted by atomic mass is 32.1. The molecular formula is C26H31N3OS. The molecule has 1 aliphatic heterocycles. The number of thiophene rings is 1. The zero-order valence-corrected chi connectivity index (χ0v) is 18.8. The molecule has 5 heteroatoms. The monoisotopic (exact) mass is 433 g/mol. The highest BCUT2D eigenvalue weighted by Crippen LogP contribution is 2.29. The molecular weight excluding hydrogens is 402 g/mol.